The first-order valence-corrected chi connectivity index (χ1v) is 10.6. The monoisotopic (exact) mass is 418 g/mol. The van der Waals surface area contributed by atoms with Gasteiger partial charge in [0.05, 0.1) is 14.2 Å². The topological polar surface area (TPSA) is 18.5 Å². The molecule has 0 aliphatic rings. The van der Waals surface area contributed by atoms with Crippen LogP contribution in [0.15, 0.2) is 97.1 Å². The predicted molar refractivity (Wildman–Crippen MR) is 136 cm³/mol. The third-order valence-corrected chi connectivity index (χ3v) is 5.35. The predicted octanol–water partition coefficient (Wildman–Crippen LogP) is 7.71. The van der Waals surface area contributed by atoms with Crippen LogP contribution in [0, 0.1) is 0 Å². The Kier molecular flexibility index (Phi) is 6.84. The fourth-order valence-electron chi connectivity index (χ4n) is 3.58. The van der Waals surface area contributed by atoms with Gasteiger partial charge in [-0.2, -0.15) is 0 Å². The minimum absolute atomic E-state index is 0.861. The molecule has 2 heteroatoms. The molecular weight excluding hydrogens is 392 g/mol. The number of ether oxygens (including phenoxy) is 2. The molecule has 0 aromatic heterocycles. The maximum absolute atomic E-state index is 5.25. The lowest BCUT2D eigenvalue weighted by molar-refractivity contribution is 0.414. The molecule has 0 aliphatic heterocycles. The molecule has 2 nitrogen and oxygen atoms in total. The van der Waals surface area contributed by atoms with Gasteiger partial charge in [-0.3, -0.25) is 0 Å². The summed E-state index contributed by atoms with van der Waals surface area (Å²) in [4.78, 5) is 0. The van der Waals surface area contributed by atoms with Crippen molar-refractivity contribution < 1.29 is 9.47 Å². The van der Waals surface area contributed by atoms with Gasteiger partial charge in [-0.05, 0) is 57.6 Å². The van der Waals surface area contributed by atoms with E-state index in [1.54, 1.807) is 14.2 Å². The minimum Gasteiger partial charge on any atom is -0.497 e. The van der Waals surface area contributed by atoms with Crippen LogP contribution >= 0.6 is 0 Å². The maximum atomic E-state index is 5.25. The summed E-state index contributed by atoms with van der Waals surface area (Å²) >= 11 is 0. The standard InChI is InChI=1S/C30H26O2/c1-31-27-19-13-23(14-20-27)11-17-25-7-3-5-9-29(25)30-10-6-4-8-26(30)18-12-24-15-21-28(32-2)22-16-24/h3-22H,1-2H3/b17-11-,18-12-. The highest BCUT2D eigenvalue weighted by Gasteiger charge is 2.06. The largest absolute Gasteiger partial charge is 0.497 e. The Hall–Kier alpha value is -4.04. The van der Waals surface area contributed by atoms with Crippen molar-refractivity contribution in [1.82, 2.24) is 0 Å². The first-order valence-electron chi connectivity index (χ1n) is 10.6. The lowest BCUT2D eigenvalue weighted by atomic mass is 9.94. The van der Waals surface area contributed by atoms with Crippen LogP contribution in [-0.2, 0) is 0 Å². The fraction of sp³-hybridized carbons (Fsp3) is 0.0667. The smallest absolute Gasteiger partial charge is 0.118 e. The normalized spacial score (nSPS) is 11.2. The van der Waals surface area contributed by atoms with Crippen molar-refractivity contribution in [2.75, 3.05) is 14.2 Å². The number of hydrogen-bond donors (Lipinski definition) is 0. The van der Waals surface area contributed by atoms with Crippen LogP contribution in [-0.4, -0.2) is 14.2 Å². The summed E-state index contributed by atoms with van der Waals surface area (Å²) in [6, 6.07) is 33.1. The van der Waals surface area contributed by atoms with Crippen molar-refractivity contribution in [3.05, 3.63) is 119 Å². The first kappa shape index (κ1) is 21.2. The van der Waals surface area contributed by atoms with Crippen molar-refractivity contribution in [1.29, 1.82) is 0 Å². The van der Waals surface area contributed by atoms with E-state index in [1.165, 1.54) is 22.3 Å². The van der Waals surface area contributed by atoms with Crippen molar-refractivity contribution in [3.8, 4) is 22.6 Å². The van der Waals surface area contributed by atoms with E-state index >= 15 is 0 Å². The van der Waals surface area contributed by atoms with Gasteiger partial charge >= 0.3 is 0 Å². The SMILES string of the molecule is COc1ccc(/C=C\c2ccccc2-c2ccccc2/C=C\c2ccc(OC)cc2)cc1. The van der Waals surface area contributed by atoms with E-state index in [4.69, 9.17) is 9.47 Å². The van der Waals surface area contributed by atoms with E-state index in [0.717, 1.165) is 22.6 Å². The molecule has 0 spiro atoms. The number of rotatable bonds is 7. The first-order chi connectivity index (χ1) is 15.8. The van der Waals surface area contributed by atoms with E-state index in [1.807, 2.05) is 24.3 Å². The summed E-state index contributed by atoms with van der Waals surface area (Å²) in [5.74, 6) is 1.72. The lowest BCUT2D eigenvalue weighted by Gasteiger charge is -2.10. The van der Waals surface area contributed by atoms with E-state index < -0.39 is 0 Å². The Bertz CT molecular complexity index is 1120. The summed E-state index contributed by atoms with van der Waals surface area (Å²) in [5, 5.41) is 0. The summed E-state index contributed by atoms with van der Waals surface area (Å²) in [6.45, 7) is 0. The Morgan fingerprint density at radius 1 is 0.438 bits per heavy atom. The second-order valence-corrected chi connectivity index (χ2v) is 7.39. The molecule has 4 rings (SSSR count). The Morgan fingerprint density at radius 2 is 0.812 bits per heavy atom. The van der Waals surface area contributed by atoms with Crippen molar-refractivity contribution in [3.63, 3.8) is 0 Å². The Morgan fingerprint density at radius 3 is 1.19 bits per heavy atom. The third kappa shape index (κ3) is 5.16. The van der Waals surface area contributed by atoms with E-state index in [0.29, 0.717) is 0 Å². The number of benzene rings is 4. The maximum Gasteiger partial charge on any atom is 0.118 e. The third-order valence-electron chi connectivity index (χ3n) is 5.35. The van der Waals surface area contributed by atoms with Crippen LogP contribution in [0.5, 0.6) is 11.5 Å². The summed E-state index contributed by atoms with van der Waals surface area (Å²) in [6.07, 6.45) is 8.60. The van der Waals surface area contributed by atoms with Crippen molar-refractivity contribution in [2.24, 2.45) is 0 Å². The van der Waals surface area contributed by atoms with Crippen LogP contribution < -0.4 is 9.47 Å². The second kappa shape index (κ2) is 10.3. The lowest BCUT2D eigenvalue weighted by Crippen LogP contribution is -1.87. The molecule has 0 N–H and O–H groups in total. The molecule has 0 amide bonds. The van der Waals surface area contributed by atoms with Crippen LogP contribution in [0.4, 0.5) is 0 Å². The highest BCUT2D eigenvalue weighted by Crippen LogP contribution is 2.30. The molecular formula is C30H26O2. The van der Waals surface area contributed by atoms with Gasteiger partial charge in [0, 0.05) is 0 Å². The summed E-state index contributed by atoms with van der Waals surface area (Å²) < 4.78 is 10.5. The Balaban J connectivity index is 1.64. The van der Waals surface area contributed by atoms with Gasteiger partial charge < -0.3 is 9.47 Å². The van der Waals surface area contributed by atoms with Crippen LogP contribution in [0.25, 0.3) is 35.4 Å². The van der Waals surface area contributed by atoms with Gasteiger partial charge in [-0.1, -0.05) is 97.1 Å². The molecule has 0 aliphatic carbocycles. The molecule has 4 aromatic rings. The van der Waals surface area contributed by atoms with Gasteiger partial charge in [0.25, 0.3) is 0 Å². The average molecular weight is 419 g/mol. The molecule has 0 saturated heterocycles. The number of methoxy groups -OCH3 is 2. The molecule has 0 unspecified atom stereocenters. The molecule has 0 heterocycles. The summed E-state index contributed by atoms with van der Waals surface area (Å²) in [5.41, 5.74) is 7.02. The van der Waals surface area contributed by atoms with E-state index in [-0.39, 0.29) is 0 Å². The molecule has 32 heavy (non-hydrogen) atoms. The zero-order chi connectivity index (χ0) is 22.2. The average Bonchev–Trinajstić information content (AvgIpc) is 2.87. The van der Waals surface area contributed by atoms with Gasteiger partial charge in [0.1, 0.15) is 11.5 Å². The second-order valence-electron chi connectivity index (χ2n) is 7.39. The number of hydrogen-bond acceptors (Lipinski definition) is 2. The quantitative estimate of drug-likeness (QED) is 0.286. The van der Waals surface area contributed by atoms with Crippen LogP contribution in [0.2, 0.25) is 0 Å². The van der Waals surface area contributed by atoms with Crippen LogP contribution in [0.1, 0.15) is 22.3 Å². The van der Waals surface area contributed by atoms with Gasteiger partial charge in [-0.15, -0.1) is 0 Å². The Labute approximate surface area is 190 Å². The highest BCUT2D eigenvalue weighted by atomic mass is 16.5. The molecule has 0 fully saturated rings. The molecule has 0 saturated carbocycles. The van der Waals surface area contributed by atoms with Crippen molar-refractivity contribution in [2.45, 2.75) is 0 Å². The zero-order valence-corrected chi connectivity index (χ0v) is 18.4. The minimum atomic E-state index is 0.861. The summed E-state index contributed by atoms with van der Waals surface area (Å²) in [7, 11) is 3.36. The van der Waals surface area contributed by atoms with E-state index in [9.17, 15) is 0 Å². The van der Waals surface area contributed by atoms with E-state index in [2.05, 4.69) is 97.1 Å². The van der Waals surface area contributed by atoms with Gasteiger partial charge in [-0.25, -0.2) is 0 Å². The van der Waals surface area contributed by atoms with Crippen LogP contribution in [0.3, 0.4) is 0 Å². The molecule has 0 radical (unpaired) electrons. The molecule has 158 valence electrons. The molecule has 0 atom stereocenters. The fourth-order valence-corrected chi connectivity index (χ4v) is 3.58. The molecule has 4 aromatic carbocycles. The highest BCUT2D eigenvalue weighted by molar-refractivity contribution is 5.87. The zero-order valence-electron chi connectivity index (χ0n) is 18.4. The van der Waals surface area contributed by atoms with Crippen molar-refractivity contribution >= 4 is 24.3 Å². The van der Waals surface area contributed by atoms with Gasteiger partial charge in [0.15, 0.2) is 0 Å². The van der Waals surface area contributed by atoms with Gasteiger partial charge in [0.2, 0.25) is 0 Å². The molecule has 0 bridgehead atoms.